The third-order valence-corrected chi connectivity index (χ3v) is 5.50. The Morgan fingerprint density at radius 2 is 1.94 bits per heavy atom. The van der Waals surface area contributed by atoms with Crippen LogP contribution in [0.25, 0.3) is 0 Å². The first-order chi connectivity index (χ1) is 8.75. The minimum absolute atomic E-state index is 0.0739. The van der Waals surface area contributed by atoms with E-state index in [1.807, 2.05) is 0 Å². The van der Waals surface area contributed by atoms with Gasteiger partial charge in [-0.05, 0) is 44.6 Å². The maximum atomic E-state index is 11.2. The van der Waals surface area contributed by atoms with E-state index in [1.54, 1.807) is 0 Å². The summed E-state index contributed by atoms with van der Waals surface area (Å²) < 4.78 is 0. The summed E-state index contributed by atoms with van der Waals surface area (Å²) in [4.78, 5) is 13.7. The van der Waals surface area contributed by atoms with Crippen molar-refractivity contribution >= 4 is 5.97 Å². The van der Waals surface area contributed by atoms with Crippen LogP contribution in [0.5, 0.6) is 0 Å². The molecule has 1 saturated carbocycles. The molecule has 0 aromatic rings. The molecule has 2 saturated heterocycles. The summed E-state index contributed by atoms with van der Waals surface area (Å²) in [5.74, 6) is 0.332. The Morgan fingerprint density at radius 3 is 2.61 bits per heavy atom. The molecule has 0 radical (unpaired) electrons. The SMILES string of the molecule is O=C(O)C1CC2CCC1N2CCCC1CCCC1. The molecule has 2 heterocycles. The highest BCUT2D eigenvalue weighted by molar-refractivity contribution is 5.71. The van der Waals surface area contributed by atoms with Gasteiger partial charge in [0.15, 0.2) is 0 Å². The molecule has 102 valence electrons. The minimum Gasteiger partial charge on any atom is -0.481 e. The van der Waals surface area contributed by atoms with Crippen molar-refractivity contribution in [2.24, 2.45) is 11.8 Å². The topological polar surface area (TPSA) is 40.5 Å². The Morgan fingerprint density at radius 1 is 1.17 bits per heavy atom. The number of fused-ring (bicyclic) bond motifs is 2. The lowest BCUT2D eigenvalue weighted by Crippen LogP contribution is -2.33. The molecule has 18 heavy (non-hydrogen) atoms. The van der Waals surface area contributed by atoms with Crippen LogP contribution in [0, 0.1) is 11.8 Å². The fourth-order valence-corrected chi connectivity index (χ4v) is 4.58. The Bertz CT molecular complexity index is 312. The molecule has 3 fully saturated rings. The first kappa shape index (κ1) is 12.5. The molecule has 1 N–H and O–H groups in total. The van der Waals surface area contributed by atoms with E-state index in [4.69, 9.17) is 0 Å². The smallest absolute Gasteiger partial charge is 0.308 e. The molecule has 3 rings (SSSR count). The van der Waals surface area contributed by atoms with Gasteiger partial charge in [-0.3, -0.25) is 9.69 Å². The molecule has 3 atom stereocenters. The summed E-state index contributed by atoms with van der Waals surface area (Å²) in [6.45, 7) is 1.15. The van der Waals surface area contributed by atoms with Gasteiger partial charge >= 0.3 is 5.97 Å². The van der Waals surface area contributed by atoms with E-state index in [0.29, 0.717) is 12.1 Å². The molecule has 3 nitrogen and oxygen atoms in total. The van der Waals surface area contributed by atoms with Gasteiger partial charge in [0, 0.05) is 12.1 Å². The van der Waals surface area contributed by atoms with E-state index in [0.717, 1.165) is 25.3 Å². The third-order valence-electron chi connectivity index (χ3n) is 5.50. The molecular weight excluding hydrogens is 226 g/mol. The quantitative estimate of drug-likeness (QED) is 0.816. The fourth-order valence-electron chi connectivity index (χ4n) is 4.58. The number of aliphatic carboxylic acids is 1. The van der Waals surface area contributed by atoms with Crippen LogP contribution in [-0.2, 0) is 4.79 Å². The zero-order valence-electron chi connectivity index (χ0n) is 11.2. The summed E-state index contributed by atoms with van der Waals surface area (Å²) in [5, 5.41) is 9.22. The molecule has 0 amide bonds. The van der Waals surface area contributed by atoms with Crippen LogP contribution in [-0.4, -0.2) is 34.6 Å². The van der Waals surface area contributed by atoms with Crippen LogP contribution in [0.2, 0.25) is 0 Å². The zero-order chi connectivity index (χ0) is 12.5. The van der Waals surface area contributed by atoms with Gasteiger partial charge < -0.3 is 5.11 Å². The van der Waals surface area contributed by atoms with E-state index in [1.165, 1.54) is 44.9 Å². The molecule has 0 spiro atoms. The second-order valence-corrected chi connectivity index (χ2v) is 6.51. The predicted octanol–water partition coefficient (Wildman–Crippen LogP) is 2.89. The Hall–Kier alpha value is -0.570. The maximum Gasteiger partial charge on any atom is 0.308 e. The van der Waals surface area contributed by atoms with Crippen LogP contribution < -0.4 is 0 Å². The lowest BCUT2D eigenvalue weighted by molar-refractivity contribution is -0.142. The molecule has 3 aliphatic rings. The predicted molar refractivity (Wildman–Crippen MR) is 70.5 cm³/mol. The Labute approximate surface area is 110 Å². The molecule has 0 aromatic heterocycles. The summed E-state index contributed by atoms with van der Waals surface area (Å²) in [7, 11) is 0. The van der Waals surface area contributed by atoms with Crippen LogP contribution in [0.1, 0.15) is 57.8 Å². The van der Waals surface area contributed by atoms with Crippen LogP contribution >= 0.6 is 0 Å². The van der Waals surface area contributed by atoms with E-state index >= 15 is 0 Å². The highest BCUT2D eigenvalue weighted by Gasteiger charge is 2.48. The average Bonchev–Trinajstić information content (AvgIpc) is 3.05. The molecule has 2 aliphatic heterocycles. The standard InChI is InChI=1S/C15H25NO2/c17-15(18)13-10-12-7-8-14(13)16(12)9-3-6-11-4-1-2-5-11/h11-14H,1-10H2,(H,17,18). The average molecular weight is 251 g/mol. The number of hydrogen-bond donors (Lipinski definition) is 1. The number of nitrogens with zero attached hydrogens (tertiary/aromatic N) is 1. The fraction of sp³-hybridized carbons (Fsp3) is 0.933. The summed E-state index contributed by atoms with van der Waals surface area (Å²) >= 11 is 0. The molecule has 3 heteroatoms. The first-order valence-electron chi connectivity index (χ1n) is 7.74. The van der Waals surface area contributed by atoms with E-state index in [-0.39, 0.29) is 5.92 Å². The molecule has 2 bridgehead atoms. The number of carboxylic acids is 1. The molecule has 3 unspecified atom stereocenters. The van der Waals surface area contributed by atoms with Crippen LogP contribution in [0.4, 0.5) is 0 Å². The van der Waals surface area contributed by atoms with Gasteiger partial charge in [-0.25, -0.2) is 0 Å². The van der Waals surface area contributed by atoms with Gasteiger partial charge in [-0.1, -0.05) is 25.7 Å². The highest BCUT2D eigenvalue weighted by Crippen LogP contribution is 2.42. The van der Waals surface area contributed by atoms with Crippen molar-refractivity contribution in [3.8, 4) is 0 Å². The third kappa shape index (κ3) is 2.29. The lowest BCUT2D eigenvalue weighted by Gasteiger charge is -2.23. The Kier molecular flexibility index (Phi) is 3.60. The first-order valence-corrected chi connectivity index (χ1v) is 7.74. The van der Waals surface area contributed by atoms with Gasteiger partial charge in [-0.2, -0.15) is 0 Å². The monoisotopic (exact) mass is 251 g/mol. The molecular formula is C15H25NO2. The highest BCUT2D eigenvalue weighted by atomic mass is 16.4. The van der Waals surface area contributed by atoms with Crippen LogP contribution in [0.15, 0.2) is 0 Å². The van der Waals surface area contributed by atoms with E-state index in [2.05, 4.69) is 4.90 Å². The molecule has 1 aliphatic carbocycles. The number of carboxylic acid groups (broad SMARTS) is 1. The lowest BCUT2D eigenvalue weighted by atomic mass is 9.89. The van der Waals surface area contributed by atoms with Crippen molar-refractivity contribution < 1.29 is 9.90 Å². The van der Waals surface area contributed by atoms with Crippen LogP contribution in [0.3, 0.4) is 0 Å². The van der Waals surface area contributed by atoms with Crippen molar-refractivity contribution in [2.45, 2.75) is 69.9 Å². The van der Waals surface area contributed by atoms with Crippen molar-refractivity contribution in [1.29, 1.82) is 0 Å². The summed E-state index contributed by atoms with van der Waals surface area (Å²) in [6, 6.07) is 0.941. The van der Waals surface area contributed by atoms with E-state index < -0.39 is 5.97 Å². The van der Waals surface area contributed by atoms with Crippen molar-refractivity contribution in [3.63, 3.8) is 0 Å². The number of rotatable bonds is 5. The molecule has 0 aromatic carbocycles. The van der Waals surface area contributed by atoms with Gasteiger partial charge in [0.05, 0.1) is 5.92 Å². The Balaban J connectivity index is 1.47. The van der Waals surface area contributed by atoms with E-state index in [9.17, 15) is 9.90 Å². The number of hydrogen-bond acceptors (Lipinski definition) is 2. The van der Waals surface area contributed by atoms with Gasteiger partial charge in [0.1, 0.15) is 0 Å². The second-order valence-electron chi connectivity index (χ2n) is 6.51. The van der Waals surface area contributed by atoms with Gasteiger partial charge in [0.25, 0.3) is 0 Å². The summed E-state index contributed by atoms with van der Waals surface area (Å²) in [6.07, 6.45) is 11.6. The van der Waals surface area contributed by atoms with Gasteiger partial charge in [-0.15, -0.1) is 0 Å². The summed E-state index contributed by atoms with van der Waals surface area (Å²) in [5.41, 5.74) is 0. The van der Waals surface area contributed by atoms with Crippen molar-refractivity contribution in [1.82, 2.24) is 4.90 Å². The minimum atomic E-state index is -0.567. The van der Waals surface area contributed by atoms with Gasteiger partial charge in [0.2, 0.25) is 0 Å². The normalized spacial score (nSPS) is 36.6. The van der Waals surface area contributed by atoms with Crippen molar-refractivity contribution in [2.75, 3.05) is 6.54 Å². The van der Waals surface area contributed by atoms with Crippen molar-refractivity contribution in [3.05, 3.63) is 0 Å². The second kappa shape index (κ2) is 5.20. The number of carbonyl (C=O) groups is 1. The maximum absolute atomic E-state index is 11.2. The largest absolute Gasteiger partial charge is 0.481 e. The zero-order valence-corrected chi connectivity index (χ0v) is 11.2.